The van der Waals surface area contributed by atoms with E-state index in [4.69, 9.17) is 4.74 Å². The smallest absolute Gasteiger partial charge is 0.337 e. The highest BCUT2D eigenvalue weighted by Gasteiger charge is 2.39. The quantitative estimate of drug-likeness (QED) is 0.358. The van der Waals surface area contributed by atoms with Gasteiger partial charge in [0.25, 0.3) is 5.69 Å². The van der Waals surface area contributed by atoms with E-state index in [2.05, 4.69) is 5.32 Å². The molecule has 1 aliphatic rings. The highest BCUT2D eigenvalue weighted by Crippen LogP contribution is 2.40. The molecule has 29 heavy (non-hydrogen) atoms. The molecule has 0 spiro atoms. The van der Waals surface area contributed by atoms with Crippen LogP contribution in [0.15, 0.2) is 46.8 Å². The van der Waals surface area contributed by atoms with Gasteiger partial charge < -0.3 is 20.3 Å². The molecule has 0 bridgehead atoms. The number of rotatable bonds is 7. The number of esters is 1. The summed E-state index contributed by atoms with van der Waals surface area (Å²) in [5, 5.41) is 33.0. The van der Waals surface area contributed by atoms with Crippen molar-refractivity contribution in [3.05, 3.63) is 62.5 Å². The Morgan fingerprint density at radius 2 is 1.86 bits per heavy atom. The van der Waals surface area contributed by atoms with Crippen LogP contribution in [0.3, 0.4) is 0 Å². The number of allylic oxidation sites excluding steroid dienone is 2. The second kappa shape index (κ2) is 8.44. The van der Waals surface area contributed by atoms with Crippen molar-refractivity contribution >= 4 is 17.6 Å². The molecule has 0 saturated heterocycles. The van der Waals surface area contributed by atoms with Crippen LogP contribution in [0.2, 0.25) is 0 Å². The predicted octanol–water partition coefficient (Wildman–Crippen LogP) is 2.62. The second-order valence-electron chi connectivity index (χ2n) is 7.42. The van der Waals surface area contributed by atoms with Gasteiger partial charge in [0.2, 0.25) is 0 Å². The number of nitro groups is 1. The van der Waals surface area contributed by atoms with Gasteiger partial charge in [0.15, 0.2) is 0 Å². The van der Waals surface area contributed by atoms with Crippen LogP contribution in [0.25, 0.3) is 0 Å². The van der Waals surface area contributed by atoms with Crippen LogP contribution in [0.5, 0.6) is 0 Å². The molecule has 1 aliphatic heterocycles. The number of carboxylic acids is 1. The van der Waals surface area contributed by atoms with Crippen molar-refractivity contribution < 1.29 is 29.5 Å². The molecule has 1 unspecified atom stereocenters. The third kappa shape index (κ3) is 4.80. The second-order valence-corrected chi connectivity index (χ2v) is 7.42. The van der Waals surface area contributed by atoms with Gasteiger partial charge in [-0.3, -0.25) is 10.1 Å². The Morgan fingerprint density at radius 1 is 1.24 bits per heavy atom. The number of dihydropyridines is 1. The zero-order valence-corrected chi connectivity index (χ0v) is 16.7. The molecule has 1 atom stereocenters. The number of aliphatic hydroxyl groups excluding tert-OH is 1. The molecule has 1 aromatic rings. The average Bonchev–Trinajstić information content (AvgIpc) is 2.59. The van der Waals surface area contributed by atoms with Gasteiger partial charge in [-0.1, -0.05) is 12.1 Å². The minimum Gasteiger partial charge on any atom is -0.478 e. The molecule has 0 aliphatic carbocycles. The lowest BCUT2D eigenvalue weighted by atomic mass is 9.80. The highest BCUT2D eigenvalue weighted by molar-refractivity contribution is 5.99. The first-order chi connectivity index (χ1) is 13.5. The number of aliphatic hydroxyl groups is 1. The molecular formula is C20H24N2O7. The van der Waals surface area contributed by atoms with Gasteiger partial charge in [0, 0.05) is 36.6 Å². The number of nitro benzene ring substituents is 1. The molecule has 3 N–H and O–H groups in total. The summed E-state index contributed by atoms with van der Waals surface area (Å²) < 4.78 is 5.53. The fourth-order valence-electron chi connectivity index (χ4n) is 3.33. The average molecular weight is 404 g/mol. The molecule has 156 valence electrons. The van der Waals surface area contributed by atoms with Crippen LogP contribution < -0.4 is 5.32 Å². The van der Waals surface area contributed by atoms with E-state index in [0.717, 1.165) is 0 Å². The van der Waals surface area contributed by atoms with Gasteiger partial charge in [0.1, 0.15) is 5.60 Å². The number of nitrogens with one attached hydrogen (secondary N) is 1. The van der Waals surface area contributed by atoms with Gasteiger partial charge >= 0.3 is 11.9 Å². The van der Waals surface area contributed by atoms with Gasteiger partial charge in [-0.25, -0.2) is 9.59 Å². The van der Waals surface area contributed by atoms with Crippen LogP contribution >= 0.6 is 0 Å². The number of carbonyl (C=O) groups excluding carboxylic acids is 1. The normalized spacial score (nSPS) is 17.1. The third-order valence-corrected chi connectivity index (χ3v) is 4.71. The van der Waals surface area contributed by atoms with Crippen molar-refractivity contribution in [1.29, 1.82) is 0 Å². The molecule has 0 aromatic heterocycles. The number of hydrogen-bond donors (Lipinski definition) is 3. The Balaban J connectivity index is 2.62. The van der Waals surface area contributed by atoms with Gasteiger partial charge in [0.05, 0.1) is 22.0 Å². The van der Waals surface area contributed by atoms with E-state index in [-0.39, 0.29) is 29.9 Å². The van der Waals surface area contributed by atoms with Crippen LogP contribution in [0.1, 0.15) is 45.6 Å². The van der Waals surface area contributed by atoms with E-state index in [1.807, 2.05) is 0 Å². The maximum Gasteiger partial charge on any atom is 0.337 e. The van der Waals surface area contributed by atoms with Crippen LogP contribution in [-0.4, -0.2) is 39.3 Å². The number of carboxylic acid groups (broad SMARTS) is 1. The number of carbonyl (C=O) groups is 2. The van der Waals surface area contributed by atoms with Gasteiger partial charge in [-0.2, -0.15) is 0 Å². The van der Waals surface area contributed by atoms with Crippen molar-refractivity contribution in [3.63, 3.8) is 0 Å². The molecular weight excluding hydrogens is 380 g/mol. The lowest BCUT2D eigenvalue weighted by molar-refractivity contribution is -0.384. The zero-order chi connectivity index (χ0) is 21.9. The molecule has 0 fully saturated rings. The first kappa shape index (κ1) is 22.1. The molecule has 0 saturated carbocycles. The van der Waals surface area contributed by atoms with Crippen LogP contribution in [-0.2, 0) is 14.3 Å². The van der Waals surface area contributed by atoms with Crippen molar-refractivity contribution in [2.45, 2.75) is 45.6 Å². The monoisotopic (exact) mass is 404 g/mol. The Morgan fingerprint density at radius 3 is 2.41 bits per heavy atom. The van der Waals surface area contributed by atoms with Crippen LogP contribution in [0.4, 0.5) is 5.69 Å². The minimum absolute atomic E-state index is 0.0551. The maximum atomic E-state index is 13.0. The zero-order valence-electron chi connectivity index (χ0n) is 16.7. The molecule has 9 nitrogen and oxygen atoms in total. The predicted molar refractivity (Wildman–Crippen MR) is 104 cm³/mol. The summed E-state index contributed by atoms with van der Waals surface area (Å²) in [4.78, 5) is 35.6. The van der Waals surface area contributed by atoms with E-state index in [0.29, 0.717) is 17.0 Å². The highest BCUT2D eigenvalue weighted by atomic mass is 16.6. The molecule has 0 radical (unpaired) electrons. The number of benzene rings is 1. The fourth-order valence-corrected chi connectivity index (χ4v) is 3.33. The molecule has 0 amide bonds. The van der Waals surface area contributed by atoms with E-state index in [1.165, 1.54) is 18.2 Å². The Hall–Kier alpha value is -3.20. The Labute approximate surface area is 167 Å². The summed E-state index contributed by atoms with van der Waals surface area (Å²) in [5.74, 6) is -3.05. The maximum absolute atomic E-state index is 13.0. The minimum atomic E-state index is -1.25. The number of ether oxygens (including phenoxy) is 1. The van der Waals surface area contributed by atoms with Crippen LogP contribution in [0, 0.1) is 10.1 Å². The Bertz CT molecular complexity index is 915. The summed E-state index contributed by atoms with van der Waals surface area (Å²) in [6.07, 6.45) is 0.195. The molecule has 1 aromatic carbocycles. The number of non-ortho nitro benzene ring substituents is 1. The summed E-state index contributed by atoms with van der Waals surface area (Å²) in [7, 11) is 0. The molecule has 9 heteroatoms. The third-order valence-electron chi connectivity index (χ3n) is 4.71. The summed E-state index contributed by atoms with van der Waals surface area (Å²) in [6, 6.07) is 5.53. The van der Waals surface area contributed by atoms with E-state index in [1.54, 1.807) is 33.8 Å². The fraction of sp³-hybridized carbons (Fsp3) is 0.400. The van der Waals surface area contributed by atoms with Crippen molar-refractivity contribution in [3.8, 4) is 0 Å². The summed E-state index contributed by atoms with van der Waals surface area (Å²) >= 11 is 0. The largest absolute Gasteiger partial charge is 0.478 e. The topological polar surface area (TPSA) is 139 Å². The van der Waals surface area contributed by atoms with Crippen molar-refractivity contribution in [1.82, 2.24) is 5.32 Å². The number of aliphatic carboxylic acids is 1. The van der Waals surface area contributed by atoms with Gasteiger partial charge in [-0.05, 0) is 33.3 Å². The number of hydrogen-bond acceptors (Lipinski definition) is 7. The summed E-state index contributed by atoms with van der Waals surface area (Å²) in [5.41, 5.74) is -0.210. The van der Waals surface area contributed by atoms with Crippen molar-refractivity contribution in [2.24, 2.45) is 0 Å². The lowest BCUT2D eigenvalue weighted by Gasteiger charge is -2.32. The summed E-state index contributed by atoms with van der Waals surface area (Å²) in [6.45, 7) is 6.26. The standard InChI is InChI=1S/C20H24N2O7/c1-11-15(18(24)25)17(13-6-5-7-14(10-13)22(27)28)16(12(2)21-11)19(26)29-20(3,4)8-9-23/h5-7,10,17,21,23H,8-9H2,1-4H3,(H,24,25). The Kier molecular flexibility index (Phi) is 6.43. The van der Waals surface area contributed by atoms with Gasteiger partial charge in [-0.15, -0.1) is 0 Å². The van der Waals surface area contributed by atoms with E-state index >= 15 is 0 Å². The van der Waals surface area contributed by atoms with Crippen molar-refractivity contribution in [2.75, 3.05) is 6.61 Å². The van der Waals surface area contributed by atoms with E-state index < -0.39 is 28.4 Å². The lowest BCUT2D eigenvalue weighted by Crippen LogP contribution is -2.36. The molecule has 1 heterocycles. The first-order valence-electron chi connectivity index (χ1n) is 8.99. The first-order valence-corrected chi connectivity index (χ1v) is 8.99. The number of nitrogens with zero attached hydrogens (tertiary/aromatic N) is 1. The van der Waals surface area contributed by atoms with E-state index in [9.17, 15) is 29.9 Å². The molecule has 2 rings (SSSR count). The SMILES string of the molecule is CC1=C(C(=O)O)C(c2cccc([N+](=O)[O-])c2)C(C(=O)OC(C)(C)CCO)=C(C)N1.